The van der Waals surface area contributed by atoms with Gasteiger partial charge in [0, 0.05) is 47.9 Å². The molecule has 2 aromatic carbocycles. The van der Waals surface area contributed by atoms with E-state index in [-0.39, 0.29) is 46.7 Å². The number of halogens is 5. The van der Waals surface area contributed by atoms with Crippen LogP contribution in [0, 0.1) is 11.8 Å². The monoisotopic (exact) mass is 872 g/mol. The van der Waals surface area contributed by atoms with Crippen molar-refractivity contribution in [3.63, 3.8) is 0 Å². The maximum Gasteiger partial charge on any atom is 0.421 e. The number of unbranched alkanes of at least 4 members (excludes halogenated alkanes) is 2. The first-order valence-corrected chi connectivity index (χ1v) is 21.4. The lowest BCUT2D eigenvalue weighted by Gasteiger charge is -2.40. The molecule has 330 valence electrons. The molecule has 3 aromatic heterocycles. The largest absolute Gasteiger partial charge is 0.494 e. The van der Waals surface area contributed by atoms with Crippen LogP contribution in [0.1, 0.15) is 97.0 Å². The molecule has 9 rings (SSSR count). The summed E-state index contributed by atoms with van der Waals surface area (Å²) in [7, 11) is 0. The Hall–Kier alpha value is -5.97. The molecule has 12 nitrogen and oxygen atoms in total. The van der Waals surface area contributed by atoms with Crippen LogP contribution in [0.2, 0.25) is 0 Å². The van der Waals surface area contributed by atoms with Crippen molar-refractivity contribution >= 4 is 45.4 Å². The Morgan fingerprint density at radius 3 is 2.37 bits per heavy atom. The van der Waals surface area contributed by atoms with E-state index in [0.29, 0.717) is 53.4 Å². The third-order valence-corrected chi connectivity index (χ3v) is 12.9. The van der Waals surface area contributed by atoms with E-state index in [4.69, 9.17) is 9.47 Å². The lowest BCUT2D eigenvalue weighted by Crippen LogP contribution is -2.54. The topological polar surface area (TPSA) is 136 Å². The Labute approximate surface area is 358 Å². The fourth-order valence-electron chi connectivity index (χ4n) is 9.53. The van der Waals surface area contributed by atoms with E-state index in [1.807, 2.05) is 0 Å². The third kappa shape index (κ3) is 8.59. The smallest absolute Gasteiger partial charge is 0.421 e. The summed E-state index contributed by atoms with van der Waals surface area (Å²) >= 11 is 0. The van der Waals surface area contributed by atoms with Crippen molar-refractivity contribution in [3.8, 4) is 22.8 Å². The summed E-state index contributed by atoms with van der Waals surface area (Å²) in [6, 6.07) is 10.8. The Morgan fingerprint density at radius 2 is 1.60 bits per heavy atom. The third-order valence-electron chi connectivity index (χ3n) is 12.9. The summed E-state index contributed by atoms with van der Waals surface area (Å²) in [6.07, 6.45) is 6.63. The number of likely N-dealkylation sites (tertiary alicyclic amines) is 1. The van der Waals surface area contributed by atoms with Crippen LogP contribution in [0.3, 0.4) is 0 Å². The highest BCUT2D eigenvalue weighted by atomic mass is 19.4. The van der Waals surface area contributed by atoms with Gasteiger partial charge >= 0.3 is 12.7 Å². The van der Waals surface area contributed by atoms with Gasteiger partial charge in [-0.2, -0.15) is 22.0 Å². The van der Waals surface area contributed by atoms with Crippen LogP contribution in [0.4, 0.5) is 22.0 Å². The van der Waals surface area contributed by atoms with Crippen molar-refractivity contribution < 1.29 is 50.6 Å². The zero-order valence-corrected chi connectivity index (χ0v) is 34.2. The Balaban J connectivity index is 0.694. The van der Waals surface area contributed by atoms with Gasteiger partial charge in [-0.05, 0) is 105 Å². The predicted molar refractivity (Wildman–Crippen MR) is 220 cm³/mol. The van der Waals surface area contributed by atoms with Crippen LogP contribution in [-0.2, 0) is 15.8 Å². The molecule has 1 aliphatic carbocycles. The highest BCUT2D eigenvalue weighted by Crippen LogP contribution is 2.42. The van der Waals surface area contributed by atoms with Gasteiger partial charge in [0.15, 0.2) is 0 Å². The van der Waals surface area contributed by atoms with Crippen molar-refractivity contribution in [2.75, 3.05) is 26.2 Å². The number of ether oxygens (including phenoxy) is 2. The summed E-state index contributed by atoms with van der Waals surface area (Å²) in [5.41, 5.74) is 0.312. The number of imide groups is 2. The van der Waals surface area contributed by atoms with Crippen LogP contribution in [-0.4, -0.2) is 86.4 Å². The number of aromatic nitrogens is 3. The molecule has 63 heavy (non-hydrogen) atoms. The second kappa shape index (κ2) is 17.3. The van der Waals surface area contributed by atoms with Gasteiger partial charge in [0.1, 0.15) is 23.5 Å². The number of alkyl halides is 5. The zero-order valence-electron chi connectivity index (χ0n) is 34.2. The van der Waals surface area contributed by atoms with Crippen molar-refractivity contribution in [2.24, 2.45) is 11.8 Å². The van der Waals surface area contributed by atoms with Crippen molar-refractivity contribution in [1.29, 1.82) is 0 Å². The van der Waals surface area contributed by atoms with E-state index in [1.54, 1.807) is 18.2 Å². The van der Waals surface area contributed by atoms with E-state index in [9.17, 15) is 41.1 Å². The molecule has 1 N–H and O–H groups in total. The first-order chi connectivity index (χ1) is 30.3. The van der Waals surface area contributed by atoms with Crippen molar-refractivity contribution in [2.45, 2.75) is 89.1 Å². The van der Waals surface area contributed by atoms with Crippen molar-refractivity contribution in [3.05, 3.63) is 83.8 Å². The summed E-state index contributed by atoms with van der Waals surface area (Å²) < 4.78 is 83.9. The van der Waals surface area contributed by atoms with Gasteiger partial charge in [-0.3, -0.25) is 38.9 Å². The average molecular weight is 873 g/mol. The molecule has 17 heteroatoms. The standard InChI is InChI=1S/C46H45F5N6O6/c47-45(48)56-37-11-14-52-24-35(37)32-7-5-28(21-39(32)56)29-20-36(46(49,50)51)42(53-23-29)63-31-18-27(19-31)25-55-15-12-26(13-16-55)4-2-1-3-17-62-30-6-8-33-34(22-30)44(61)57(43(33)60)38-9-10-40(58)54-41(38)59/h5-8,11,14,20-24,26-27,31,38,45H,1-4,9-10,12-13,15-19,25H2,(H,54,58,59). The van der Waals surface area contributed by atoms with E-state index in [2.05, 4.69) is 20.2 Å². The molecule has 4 aliphatic rings. The van der Waals surface area contributed by atoms with Gasteiger partial charge < -0.3 is 14.4 Å². The maximum atomic E-state index is 14.3. The van der Waals surface area contributed by atoms with E-state index in [0.717, 1.165) is 73.7 Å². The maximum absolute atomic E-state index is 14.3. The molecule has 1 saturated carbocycles. The summed E-state index contributed by atoms with van der Waals surface area (Å²) in [5.74, 6) is -1.27. The number of carbonyl (C=O) groups excluding carboxylic acids is 4. The lowest BCUT2D eigenvalue weighted by molar-refractivity contribution is -0.140. The molecule has 0 radical (unpaired) electrons. The second-order valence-corrected chi connectivity index (χ2v) is 17.0. The second-order valence-electron chi connectivity index (χ2n) is 17.0. The number of hydrogen-bond acceptors (Lipinski definition) is 9. The summed E-state index contributed by atoms with van der Waals surface area (Å²) in [5, 5.41) is 3.24. The number of amides is 4. The molecule has 0 spiro atoms. The highest BCUT2D eigenvalue weighted by molar-refractivity contribution is 6.23. The van der Waals surface area contributed by atoms with Gasteiger partial charge in [0.2, 0.25) is 17.7 Å². The minimum absolute atomic E-state index is 0.0568. The minimum Gasteiger partial charge on any atom is -0.494 e. The average Bonchev–Trinajstić information content (AvgIpc) is 3.71. The molecular formula is C46H45F5N6O6. The van der Waals surface area contributed by atoms with E-state index >= 15 is 0 Å². The normalized spacial score (nSPS) is 21.0. The van der Waals surface area contributed by atoms with Crippen LogP contribution in [0.15, 0.2) is 67.1 Å². The molecule has 1 unspecified atom stereocenters. The molecule has 2 saturated heterocycles. The van der Waals surface area contributed by atoms with Gasteiger partial charge in [-0.25, -0.2) is 4.98 Å². The number of fused-ring (bicyclic) bond motifs is 4. The molecule has 3 fully saturated rings. The number of hydrogen-bond donors (Lipinski definition) is 1. The zero-order chi connectivity index (χ0) is 44.0. The van der Waals surface area contributed by atoms with Crippen LogP contribution in [0.25, 0.3) is 32.9 Å². The first-order valence-electron chi connectivity index (χ1n) is 21.4. The van der Waals surface area contributed by atoms with Crippen LogP contribution >= 0.6 is 0 Å². The van der Waals surface area contributed by atoms with Gasteiger partial charge in [-0.1, -0.05) is 31.4 Å². The number of piperidine rings is 2. The number of benzene rings is 2. The highest BCUT2D eigenvalue weighted by Gasteiger charge is 2.45. The number of nitrogens with zero attached hydrogens (tertiary/aromatic N) is 5. The summed E-state index contributed by atoms with van der Waals surface area (Å²) in [4.78, 5) is 61.4. The molecular weight excluding hydrogens is 828 g/mol. The first kappa shape index (κ1) is 42.3. The minimum atomic E-state index is -4.74. The molecule has 1 atom stereocenters. The van der Waals surface area contributed by atoms with E-state index in [1.165, 1.54) is 42.9 Å². The lowest BCUT2D eigenvalue weighted by atomic mass is 9.81. The van der Waals surface area contributed by atoms with E-state index < -0.39 is 53.8 Å². The SMILES string of the molecule is O=C1CCC(N2C(=O)c3ccc(OCCCCCC4CCN(CC5CC(Oc6ncc(-c7ccc8c9cnccc9n(C(F)F)c8c7)cc6C(F)(F)F)C5)CC4)cc3C2=O)C(=O)N1. The quantitative estimate of drug-likeness (QED) is 0.0662. The van der Waals surface area contributed by atoms with Crippen LogP contribution < -0.4 is 14.8 Å². The predicted octanol–water partition coefficient (Wildman–Crippen LogP) is 8.58. The Morgan fingerprint density at radius 1 is 0.810 bits per heavy atom. The number of carbonyl (C=O) groups is 4. The van der Waals surface area contributed by atoms with Crippen LogP contribution in [0.5, 0.6) is 11.6 Å². The fourth-order valence-corrected chi connectivity index (χ4v) is 9.53. The molecule has 0 bridgehead atoms. The van der Waals surface area contributed by atoms with Crippen molar-refractivity contribution in [1.82, 2.24) is 29.7 Å². The van der Waals surface area contributed by atoms with Gasteiger partial charge in [-0.15, -0.1) is 0 Å². The fraction of sp³-hybridized carbons (Fsp3) is 0.435. The molecule has 6 heterocycles. The number of nitrogens with one attached hydrogen (secondary N) is 1. The Bertz CT molecular complexity index is 2580. The number of pyridine rings is 2. The summed E-state index contributed by atoms with van der Waals surface area (Å²) in [6.45, 7) is 0.401. The number of rotatable bonds is 14. The van der Waals surface area contributed by atoms with Gasteiger partial charge in [0.25, 0.3) is 11.8 Å². The Kier molecular flexibility index (Phi) is 11.6. The molecule has 3 aliphatic heterocycles. The molecule has 4 amide bonds. The molecule has 5 aromatic rings. The van der Waals surface area contributed by atoms with Gasteiger partial charge in [0.05, 0.1) is 28.8 Å².